The lowest BCUT2D eigenvalue weighted by atomic mass is 9.89. The summed E-state index contributed by atoms with van der Waals surface area (Å²) in [5.74, 6) is 0.105. The molecule has 0 saturated carbocycles. The van der Waals surface area contributed by atoms with Crippen molar-refractivity contribution < 1.29 is 9.94 Å². The van der Waals surface area contributed by atoms with Crippen LogP contribution in [0.4, 0.5) is 0 Å². The minimum absolute atomic E-state index is 0.105. The number of benzene rings is 1. The third-order valence-corrected chi connectivity index (χ3v) is 2.34. The maximum absolute atomic E-state index is 9.82. The largest absolute Gasteiger partial charge is 0.389 e. The van der Waals surface area contributed by atoms with E-state index in [9.17, 15) is 5.11 Å². The Labute approximate surface area is 102 Å². The van der Waals surface area contributed by atoms with Crippen LogP contribution in [-0.4, -0.2) is 17.0 Å². The minimum atomic E-state index is -0.807. The van der Waals surface area contributed by atoms with Crippen molar-refractivity contribution in [2.75, 3.05) is 0 Å². The maximum Gasteiger partial charge on any atom is 0.168 e. The molecular weight excluding hydrogens is 216 g/mol. The van der Waals surface area contributed by atoms with Gasteiger partial charge < -0.3 is 15.7 Å². The first-order chi connectivity index (χ1) is 7.91. The maximum atomic E-state index is 9.82. The predicted octanol–water partition coefficient (Wildman–Crippen LogP) is 1.88. The van der Waals surface area contributed by atoms with Crippen LogP contribution in [0.5, 0.6) is 0 Å². The summed E-state index contributed by atoms with van der Waals surface area (Å²) in [6, 6.07) is 9.66. The van der Waals surface area contributed by atoms with Crippen molar-refractivity contribution in [1.29, 1.82) is 0 Å². The van der Waals surface area contributed by atoms with Gasteiger partial charge in [-0.25, -0.2) is 0 Å². The van der Waals surface area contributed by atoms with Crippen LogP contribution in [0.1, 0.15) is 26.3 Å². The molecule has 0 amide bonds. The second kappa shape index (κ2) is 5.68. The number of hydrogen-bond acceptors (Lipinski definition) is 3. The predicted molar refractivity (Wildman–Crippen MR) is 68.3 cm³/mol. The lowest BCUT2D eigenvalue weighted by molar-refractivity contribution is 0.0980. The highest BCUT2D eigenvalue weighted by Crippen LogP contribution is 2.19. The number of nitrogens with two attached hydrogens (primary N) is 1. The van der Waals surface area contributed by atoms with Gasteiger partial charge in [-0.1, -0.05) is 56.3 Å². The van der Waals surface area contributed by atoms with Crippen LogP contribution in [0.3, 0.4) is 0 Å². The number of hydrogen-bond donors (Lipinski definition) is 2. The molecule has 0 aromatic heterocycles. The van der Waals surface area contributed by atoms with Crippen molar-refractivity contribution in [3.63, 3.8) is 0 Å². The highest BCUT2D eigenvalue weighted by atomic mass is 16.6. The second-order valence-electron chi connectivity index (χ2n) is 5.04. The summed E-state index contributed by atoms with van der Waals surface area (Å²) in [7, 11) is 0. The lowest BCUT2D eigenvalue weighted by Crippen LogP contribution is -2.39. The summed E-state index contributed by atoms with van der Waals surface area (Å²) in [4.78, 5) is 5.10. The SMILES string of the molecule is CC(C)(C)C(O)/C(N)=N/OCc1ccccc1. The summed E-state index contributed by atoms with van der Waals surface area (Å²) in [6.45, 7) is 6.00. The van der Waals surface area contributed by atoms with Crippen LogP contribution in [-0.2, 0) is 11.4 Å². The standard InChI is InChI=1S/C13H20N2O2/c1-13(2,3)11(16)12(14)15-17-9-10-7-5-4-6-8-10/h4-8,11,16H,9H2,1-3H3,(H2,14,15). The Morgan fingerprint density at radius 1 is 1.35 bits per heavy atom. The zero-order chi connectivity index (χ0) is 12.9. The van der Waals surface area contributed by atoms with E-state index >= 15 is 0 Å². The smallest absolute Gasteiger partial charge is 0.168 e. The fraction of sp³-hybridized carbons (Fsp3) is 0.462. The molecule has 0 radical (unpaired) electrons. The Kier molecular flexibility index (Phi) is 4.52. The average molecular weight is 236 g/mol. The number of nitrogens with zero attached hydrogens (tertiary/aromatic N) is 1. The Bertz CT molecular complexity index is 369. The number of aliphatic hydroxyl groups excluding tert-OH is 1. The molecule has 0 aliphatic rings. The first-order valence-corrected chi connectivity index (χ1v) is 5.58. The quantitative estimate of drug-likeness (QED) is 0.476. The molecule has 1 unspecified atom stereocenters. The van der Waals surface area contributed by atoms with Gasteiger partial charge in [0.25, 0.3) is 0 Å². The highest BCUT2D eigenvalue weighted by molar-refractivity contribution is 5.84. The van der Waals surface area contributed by atoms with Crippen molar-refractivity contribution >= 4 is 5.84 Å². The molecule has 0 bridgehead atoms. The molecule has 4 heteroatoms. The van der Waals surface area contributed by atoms with Crippen LogP contribution < -0.4 is 5.73 Å². The van der Waals surface area contributed by atoms with E-state index in [0.717, 1.165) is 5.56 Å². The Morgan fingerprint density at radius 3 is 2.47 bits per heavy atom. The first-order valence-electron chi connectivity index (χ1n) is 5.58. The van der Waals surface area contributed by atoms with Crippen LogP contribution >= 0.6 is 0 Å². The van der Waals surface area contributed by atoms with E-state index < -0.39 is 6.10 Å². The van der Waals surface area contributed by atoms with Crippen LogP contribution in [0.25, 0.3) is 0 Å². The van der Waals surface area contributed by atoms with Crippen LogP contribution in [0.2, 0.25) is 0 Å². The number of amidine groups is 1. The van der Waals surface area contributed by atoms with E-state index in [1.165, 1.54) is 0 Å². The van der Waals surface area contributed by atoms with E-state index in [-0.39, 0.29) is 11.3 Å². The third-order valence-electron chi connectivity index (χ3n) is 2.34. The van der Waals surface area contributed by atoms with Gasteiger partial charge in [0.05, 0.1) is 0 Å². The zero-order valence-electron chi connectivity index (χ0n) is 10.6. The van der Waals surface area contributed by atoms with E-state index in [1.807, 2.05) is 51.1 Å². The summed E-state index contributed by atoms with van der Waals surface area (Å²) >= 11 is 0. The van der Waals surface area contributed by atoms with Crippen molar-refractivity contribution in [3.8, 4) is 0 Å². The normalized spacial score (nSPS) is 14.5. The molecule has 0 aliphatic heterocycles. The van der Waals surface area contributed by atoms with Gasteiger partial charge in [-0.2, -0.15) is 0 Å². The molecule has 1 atom stereocenters. The van der Waals surface area contributed by atoms with Gasteiger partial charge in [-0.15, -0.1) is 0 Å². The van der Waals surface area contributed by atoms with Gasteiger partial charge in [-0.05, 0) is 11.0 Å². The molecule has 4 nitrogen and oxygen atoms in total. The minimum Gasteiger partial charge on any atom is -0.389 e. The monoisotopic (exact) mass is 236 g/mol. The summed E-state index contributed by atoms with van der Waals surface area (Å²) in [5, 5.41) is 13.5. The third kappa shape index (κ3) is 4.44. The summed E-state index contributed by atoms with van der Waals surface area (Å²) < 4.78 is 0. The Balaban J connectivity index is 2.49. The van der Waals surface area contributed by atoms with Gasteiger partial charge in [-0.3, -0.25) is 0 Å². The Hall–Kier alpha value is -1.55. The Morgan fingerprint density at radius 2 is 1.94 bits per heavy atom. The fourth-order valence-corrected chi connectivity index (χ4v) is 1.25. The molecule has 1 aromatic rings. The summed E-state index contributed by atoms with van der Waals surface area (Å²) in [5.41, 5.74) is 6.31. The van der Waals surface area contributed by atoms with Crippen molar-refractivity contribution in [3.05, 3.63) is 35.9 Å². The molecule has 1 aromatic carbocycles. The van der Waals surface area contributed by atoms with Gasteiger partial charge in [0.1, 0.15) is 12.7 Å². The number of rotatable bonds is 4. The summed E-state index contributed by atoms with van der Waals surface area (Å²) in [6.07, 6.45) is -0.807. The molecule has 17 heavy (non-hydrogen) atoms. The molecule has 0 aliphatic carbocycles. The van der Waals surface area contributed by atoms with Gasteiger partial charge in [0, 0.05) is 0 Å². The topological polar surface area (TPSA) is 67.8 Å². The molecule has 1 rings (SSSR count). The van der Waals surface area contributed by atoms with Crippen LogP contribution in [0.15, 0.2) is 35.5 Å². The number of oxime groups is 1. The molecular formula is C13H20N2O2. The molecule has 0 saturated heterocycles. The van der Waals surface area contributed by atoms with Crippen molar-refractivity contribution in [2.45, 2.75) is 33.5 Å². The van der Waals surface area contributed by atoms with Gasteiger partial charge in [0.15, 0.2) is 5.84 Å². The zero-order valence-corrected chi connectivity index (χ0v) is 10.6. The average Bonchev–Trinajstić information content (AvgIpc) is 2.28. The van der Waals surface area contributed by atoms with Crippen LogP contribution in [0, 0.1) is 5.41 Å². The lowest BCUT2D eigenvalue weighted by Gasteiger charge is -2.24. The van der Waals surface area contributed by atoms with E-state index in [1.54, 1.807) is 0 Å². The second-order valence-corrected chi connectivity index (χ2v) is 5.04. The molecule has 3 N–H and O–H groups in total. The highest BCUT2D eigenvalue weighted by Gasteiger charge is 2.25. The molecule has 0 heterocycles. The van der Waals surface area contributed by atoms with Gasteiger partial charge >= 0.3 is 0 Å². The molecule has 94 valence electrons. The van der Waals surface area contributed by atoms with E-state index in [0.29, 0.717) is 6.61 Å². The van der Waals surface area contributed by atoms with Crippen molar-refractivity contribution in [2.24, 2.45) is 16.3 Å². The van der Waals surface area contributed by atoms with E-state index in [4.69, 9.17) is 10.6 Å². The molecule has 0 spiro atoms. The van der Waals surface area contributed by atoms with Gasteiger partial charge in [0.2, 0.25) is 0 Å². The number of aliphatic hydroxyl groups is 1. The molecule has 0 fully saturated rings. The van der Waals surface area contributed by atoms with Crippen molar-refractivity contribution in [1.82, 2.24) is 0 Å². The first kappa shape index (κ1) is 13.5. The van der Waals surface area contributed by atoms with E-state index in [2.05, 4.69) is 5.16 Å². The fourth-order valence-electron chi connectivity index (χ4n) is 1.25.